The molecule has 0 spiro atoms. The summed E-state index contributed by atoms with van der Waals surface area (Å²) in [5.41, 5.74) is -0.215. The minimum Gasteiger partial charge on any atom is -0.462 e. The van der Waals surface area contributed by atoms with Gasteiger partial charge in [0.2, 0.25) is 0 Å². The van der Waals surface area contributed by atoms with E-state index < -0.39 is 17.7 Å². The maximum absolute atomic E-state index is 12.7. The molecule has 7 heteroatoms. The number of halogens is 4. The first-order valence-corrected chi connectivity index (χ1v) is 6.72. The summed E-state index contributed by atoms with van der Waals surface area (Å²) in [5.74, 6) is -0.629. The highest BCUT2D eigenvalue weighted by Crippen LogP contribution is 2.32. The molecule has 0 atom stereocenters. The highest BCUT2D eigenvalue weighted by molar-refractivity contribution is 6.32. The number of esters is 1. The molecule has 2 aromatic rings. The maximum atomic E-state index is 12.7. The number of hydrogen-bond donors (Lipinski definition) is 0. The first-order chi connectivity index (χ1) is 10.3. The van der Waals surface area contributed by atoms with E-state index in [4.69, 9.17) is 16.3 Å². The minimum absolute atomic E-state index is 0.0687. The lowest BCUT2D eigenvalue weighted by Crippen LogP contribution is -2.07. The second kappa shape index (κ2) is 6.36. The van der Waals surface area contributed by atoms with Crippen LogP contribution in [0.2, 0.25) is 5.15 Å². The average Bonchev–Trinajstić information content (AvgIpc) is 2.46. The van der Waals surface area contributed by atoms with Gasteiger partial charge in [-0.05, 0) is 31.2 Å². The van der Waals surface area contributed by atoms with Crippen molar-refractivity contribution in [3.8, 4) is 11.3 Å². The molecule has 1 aromatic carbocycles. The molecule has 0 bridgehead atoms. The number of pyridine rings is 1. The number of ether oxygens (including phenoxy) is 1. The van der Waals surface area contributed by atoms with E-state index in [0.29, 0.717) is 0 Å². The van der Waals surface area contributed by atoms with Crippen LogP contribution in [0, 0.1) is 0 Å². The summed E-state index contributed by atoms with van der Waals surface area (Å²) in [6, 6.07) is 7.52. The summed E-state index contributed by atoms with van der Waals surface area (Å²) in [6.45, 7) is 1.83. The molecule has 0 radical (unpaired) electrons. The number of alkyl halides is 3. The Labute approximate surface area is 129 Å². The molecule has 0 aliphatic heterocycles. The molecule has 22 heavy (non-hydrogen) atoms. The Kier molecular flexibility index (Phi) is 4.71. The molecule has 3 nitrogen and oxygen atoms in total. The number of nitrogens with zero attached hydrogens (tertiary/aromatic N) is 1. The zero-order valence-corrected chi connectivity index (χ0v) is 12.2. The van der Waals surface area contributed by atoms with Crippen molar-refractivity contribution >= 4 is 17.6 Å². The van der Waals surface area contributed by atoms with Gasteiger partial charge >= 0.3 is 12.1 Å². The third-order valence-electron chi connectivity index (χ3n) is 2.83. The predicted octanol–water partition coefficient (Wildman–Crippen LogP) is 4.60. The van der Waals surface area contributed by atoms with Crippen LogP contribution in [0.25, 0.3) is 11.3 Å². The quantitative estimate of drug-likeness (QED) is 0.610. The first kappa shape index (κ1) is 16.3. The highest BCUT2D eigenvalue weighted by atomic mass is 35.5. The van der Waals surface area contributed by atoms with Gasteiger partial charge in [-0.1, -0.05) is 23.7 Å². The number of hydrogen-bond acceptors (Lipinski definition) is 3. The van der Waals surface area contributed by atoms with Crippen LogP contribution in [0.5, 0.6) is 0 Å². The summed E-state index contributed by atoms with van der Waals surface area (Å²) in [7, 11) is 0. The molecule has 0 N–H and O–H groups in total. The van der Waals surface area contributed by atoms with E-state index in [0.717, 1.165) is 12.1 Å². The second-order valence-electron chi connectivity index (χ2n) is 4.33. The van der Waals surface area contributed by atoms with Crippen LogP contribution in [-0.4, -0.2) is 17.6 Å². The Balaban J connectivity index is 2.39. The van der Waals surface area contributed by atoms with Crippen molar-refractivity contribution in [3.63, 3.8) is 0 Å². The van der Waals surface area contributed by atoms with Crippen molar-refractivity contribution in [3.05, 3.63) is 52.7 Å². The predicted molar refractivity (Wildman–Crippen MR) is 75.6 cm³/mol. The van der Waals surface area contributed by atoms with Gasteiger partial charge in [-0.2, -0.15) is 13.2 Å². The van der Waals surface area contributed by atoms with Crippen LogP contribution >= 0.6 is 11.6 Å². The molecular weight excluding hydrogens is 319 g/mol. The molecule has 116 valence electrons. The molecule has 0 saturated carbocycles. The zero-order chi connectivity index (χ0) is 16.3. The Bertz CT molecular complexity index is 701. The van der Waals surface area contributed by atoms with E-state index in [-0.39, 0.29) is 28.6 Å². The van der Waals surface area contributed by atoms with Crippen LogP contribution in [0.4, 0.5) is 13.2 Å². The monoisotopic (exact) mass is 329 g/mol. The van der Waals surface area contributed by atoms with Gasteiger partial charge in [-0.15, -0.1) is 0 Å². The van der Waals surface area contributed by atoms with Crippen LogP contribution in [-0.2, 0) is 10.9 Å². The molecule has 0 aliphatic carbocycles. The second-order valence-corrected chi connectivity index (χ2v) is 4.69. The summed E-state index contributed by atoms with van der Waals surface area (Å²) in [5, 5.41) is -0.117. The lowest BCUT2D eigenvalue weighted by Gasteiger charge is -2.09. The van der Waals surface area contributed by atoms with Crippen molar-refractivity contribution in [1.29, 1.82) is 0 Å². The van der Waals surface area contributed by atoms with E-state index in [1.165, 1.54) is 24.3 Å². The Hall–Kier alpha value is -2.08. The van der Waals surface area contributed by atoms with E-state index in [9.17, 15) is 18.0 Å². The van der Waals surface area contributed by atoms with Crippen LogP contribution in [0.15, 0.2) is 36.4 Å². The highest BCUT2D eigenvalue weighted by Gasteiger charge is 2.30. The standard InChI is InChI=1S/C15H11ClF3NO2/c1-2-22-14(21)11-6-7-12(20-13(11)16)9-4-3-5-10(8-9)15(17,18)19/h3-8H,2H2,1H3. The van der Waals surface area contributed by atoms with Crippen LogP contribution < -0.4 is 0 Å². The van der Waals surface area contributed by atoms with Crippen molar-refractivity contribution in [2.24, 2.45) is 0 Å². The van der Waals surface area contributed by atoms with Gasteiger partial charge in [0.1, 0.15) is 5.15 Å². The van der Waals surface area contributed by atoms with Crippen molar-refractivity contribution in [2.45, 2.75) is 13.1 Å². The number of rotatable bonds is 3. The largest absolute Gasteiger partial charge is 0.462 e. The van der Waals surface area contributed by atoms with Gasteiger partial charge in [-0.3, -0.25) is 0 Å². The molecular formula is C15H11ClF3NO2. The smallest absolute Gasteiger partial charge is 0.416 e. The molecule has 0 saturated heterocycles. The summed E-state index contributed by atoms with van der Waals surface area (Å²) in [6.07, 6.45) is -4.44. The van der Waals surface area contributed by atoms with Gasteiger partial charge in [0.25, 0.3) is 0 Å². The van der Waals surface area contributed by atoms with Gasteiger partial charge < -0.3 is 4.74 Å². The number of aromatic nitrogens is 1. The Morgan fingerprint density at radius 2 is 2.00 bits per heavy atom. The van der Waals surface area contributed by atoms with E-state index in [2.05, 4.69) is 4.98 Å². The van der Waals surface area contributed by atoms with Gasteiger partial charge in [-0.25, -0.2) is 9.78 Å². The molecule has 0 unspecified atom stereocenters. The molecule has 1 heterocycles. The molecule has 2 rings (SSSR count). The normalized spacial score (nSPS) is 11.3. The third-order valence-corrected chi connectivity index (χ3v) is 3.12. The molecule has 0 fully saturated rings. The fraction of sp³-hybridized carbons (Fsp3) is 0.200. The van der Waals surface area contributed by atoms with E-state index in [1.54, 1.807) is 6.92 Å². The zero-order valence-electron chi connectivity index (χ0n) is 11.4. The maximum Gasteiger partial charge on any atom is 0.416 e. The fourth-order valence-electron chi connectivity index (χ4n) is 1.81. The number of carbonyl (C=O) groups is 1. The van der Waals surface area contributed by atoms with E-state index in [1.807, 2.05) is 0 Å². The topological polar surface area (TPSA) is 39.2 Å². The first-order valence-electron chi connectivity index (χ1n) is 6.34. The van der Waals surface area contributed by atoms with Crippen molar-refractivity contribution in [2.75, 3.05) is 6.61 Å². The lowest BCUT2D eigenvalue weighted by molar-refractivity contribution is -0.137. The average molecular weight is 330 g/mol. The third kappa shape index (κ3) is 3.57. The lowest BCUT2D eigenvalue weighted by atomic mass is 10.1. The van der Waals surface area contributed by atoms with Crippen molar-refractivity contribution in [1.82, 2.24) is 4.98 Å². The van der Waals surface area contributed by atoms with Crippen LogP contribution in [0.1, 0.15) is 22.8 Å². The Morgan fingerprint density at radius 1 is 1.27 bits per heavy atom. The van der Waals surface area contributed by atoms with Gasteiger partial charge in [0, 0.05) is 5.56 Å². The number of benzene rings is 1. The summed E-state index contributed by atoms with van der Waals surface area (Å²) >= 11 is 5.91. The van der Waals surface area contributed by atoms with Gasteiger partial charge in [0.05, 0.1) is 23.4 Å². The summed E-state index contributed by atoms with van der Waals surface area (Å²) < 4.78 is 42.9. The SMILES string of the molecule is CCOC(=O)c1ccc(-c2cccc(C(F)(F)F)c2)nc1Cl. The fourth-order valence-corrected chi connectivity index (χ4v) is 2.04. The van der Waals surface area contributed by atoms with Gasteiger partial charge in [0.15, 0.2) is 0 Å². The summed E-state index contributed by atoms with van der Waals surface area (Å²) in [4.78, 5) is 15.6. The molecule has 0 aliphatic rings. The Morgan fingerprint density at radius 3 is 2.59 bits per heavy atom. The number of carbonyl (C=O) groups excluding carboxylic acids is 1. The van der Waals surface area contributed by atoms with Crippen molar-refractivity contribution < 1.29 is 22.7 Å². The molecule has 1 aromatic heterocycles. The molecule has 0 amide bonds. The minimum atomic E-state index is -4.44. The van der Waals surface area contributed by atoms with E-state index >= 15 is 0 Å². The van der Waals surface area contributed by atoms with Crippen LogP contribution in [0.3, 0.4) is 0 Å².